The molecule has 1 aliphatic heterocycles. The van der Waals surface area contributed by atoms with Crippen molar-refractivity contribution in [3.05, 3.63) is 47.5 Å². The molecule has 4 nitrogen and oxygen atoms in total. The van der Waals surface area contributed by atoms with Crippen molar-refractivity contribution in [2.24, 2.45) is 0 Å². The average molecular weight is 384 g/mol. The normalized spacial score (nSPS) is 16.9. The number of allylic oxidation sites excluding steroid dienone is 1. The highest BCUT2D eigenvalue weighted by Crippen LogP contribution is 2.40. The third-order valence-electron chi connectivity index (χ3n) is 5.24. The second kappa shape index (κ2) is 7.39. The summed E-state index contributed by atoms with van der Waals surface area (Å²) in [5.74, 6) is 1.51. The van der Waals surface area contributed by atoms with Crippen LogP contribution in [0, 0.1) is 0 Å². The number of fused-ring (bicyclic) bond motifs is 1. The first-order valence-corrected chi connectivity index (χ1v) is 11.3. The summed E-state index contributed by atoms with van der Waals surface area (Å²) < 4.78 is 34.6. The quantitative estimate of drug-likeness (QED) is 0.681. The molecule has 0 unspecified atom stereocenters. The van der Waals surface area contributed by atoms with Gasteiger partial charge < -0.3 is 9.47 Å². The topological polar surface area (TPSA) is 52.6 Å². The molecule has 0 amide bonds. The van der Waals surface area contributed by atoms with Crippen LogP contribution >= 0.6 is 0 Å². The van der Waals surface area contributed by atoms with Crippen molar-refractivity contribution in [1.82, 2.24) is 0 Å². The summed E-state index contributed by atoms with van der Waals surface area (Å²) in [4.78, 5) is 0.329. The minimum atomic E-state index is -3.20. The molecule has 2 aromatic rings. The fourth-order valence-corrected chi connectivity index (χ4v) is 4.39. The molecule has 0 atom stereocenters. The smallest absolute Gasteiger partial charge is 0.231 e. The summed E-state index contributed by atoms with van der Waals surface area (Å²) in [5.41, 5.74) is 4.58. The molecule has 2 aromatic carbocycles. The fraction of sp³-hybridized carbons (Fsp3) is 0.364. The first-order valence-electron chi connectivity index (χ1n) is 9.44. The lowest BCUT2D eigenvalue weighted by Crippen LogP contribution is -1.96. The Morgan fingerprint density at radius 2 is 1.52 bits per heavy atom. The van der Waals surface area contributed by atoms with Gasteiger partial charge in [-0.3, -0.25) is 0 Å². The molecule has 0 spiro atoms. The highest BCUT2D eigenvalue weighted by atomic mass is 32.2. The largest absolute Gasteiger partial charge is 0.454 e. The van der Waals surface area contributed by atoms with E-state index in [1.54, 1.807) is 12.1 Å². The van der Waals surface area contributed by atoms with Gasteiger partial charge in [-0.2, -0.15) is 0 Å². The van der Waals surface area contributed by atoms with Crippen molar-refractivity contribution in [3.63, 3.8) is 0 Å². The molecule has 1 heterocycles. The Hall–Kier alpha value is -2.27. The fourth-order valence-electron chi connectivity index (χ4n) is 3.76. The van der Waals surface area contributed by atoms with Crippen molar-refractivity contribution in [1.29, 1.82) is 0 Å². The van der Waals surface area contributed by atoms with Gasteiger partial charge in [-0.05, 0) is 66.6 Å². The van der Waals surface area contributed by atoms with Gasteiger partial charge in [0.15, 0.2) is 21.3 Å². The minimum Gasteiger partial charge on any atom is -0.454 e. The van der Waals surface area contributed by atoms with Crippen molar-refractivity contribution < 1.29 is 17.9 Å². The van der Waals surface area contributed by atoms with Crippen LogP contribution in [-0.4, -0.2) is 21.5 Å². The molecule has 27 heavy (non-hydrogen) atoms. The Bertz CT molecular complexity index is 962. The van der Waals surface area contributed by atoms with Crippen LogP contribution < -0.4 is 9.47 Å². The van der Waals surface area contributed by atoms with Crippen LogP contribution in [-0.2, 0) is 9.84 Å². The molecule has 2 aliphatic rings. The summed E-state index contributed by atoms with van der Waals surface area (Å²) in [6, 6.07) is 11.1. The maximum atomic E-state index is 11.8. The van der Waals surface area contributed by atoms with Gasteiger partial charge in [0.1, 0.15) is 0 Å². The molecule has 0 bridgehead atoms. The van der Waals surface area contributed by atoms with E-state index in [-0.39, 0.29) is 6.79 Å². The van der Waals surface area contributed by atoms with Gasteiger partial charge >= 0.3 is 0 Å². The lowest BCUT2D eigenvalue weighted by molar-refractivity contribution is 0.174. The van der Waals surface area contributed by atoms with Crippen LogP contribution in [0.5, 0.6) is 11.5 Å². The molecule has 5 heteroatoms. The molecule has 0 N–H and O–H groups in total. The number of hydrogen-bond acceptors (Lipinski definition) is 4. The molecular weight excluding hydrogens is 360 g/mol. The number of rotatable bonds is 3. The van der Waals surface area contributed by atoms with E-state index in [1.807, 2.05) is 24.3 Å². The zero-order valence-electron chi connectivity index (χ0n) is 15.5. The van der Waals surface area contributed by atoms with Gasteiger partial charge in [-0.15, -0.1) is 0 Å². The van der Waals surface area contributed by atoms with Crippen LogP contribution in [0.15, 0.2) is 46.9 Å². The molecule has 0 radical (unpaired) electrons. The van der Waals surface area contributed by atoms with Crippen LogP contribution in [0.25, 0.3) is 17.2 Å². The molecule has 1 saturated carbocycles. The number of sulfone groups is 1. The maximum absolute atomic E-state index is 11.8. The third kappa shape index (κ3) is 4.03. The predicted molar refractivity (Wildman–Crippen MR) is 107 cm³/mol. The lowest BCUT2D eigenvalue weighted by atomic mass is 9.95. The molecular formula is C22H24O4S. The zero-order chi connectivity index (χ0) is 18.9. The maximum Gasteiger partial charge on any atom is 0.231 e. The molecule has 0 saturated heterocycles. The van der Waals surface area contributed by atoms with Gasteiger partial charge in [0.2, 0.25) is 6.79 Å². The molecule has 0 aromatic heterocycles. The molecule has 142 valence electrons. The molecule has 1 aliphatic carbocycles. The third-order valence-corrected chi connectivity index (χ3v) is 6.37. The highest BCUT2D eigenvalue weighted by Gasteiger charge is 2.18. The van der Waals surface area contributed by atoms with E-state index in [9.17, 15) is 8.42 Å². The van der Waals surface area contributed by atoms with Crippen LogP contribution in [0.3, 0.4) is 0 Å². The van der Waals surface area contributed by atoms with E-state index in [4.69, 9.17) is 9.47 Å². The Morgan fingerprint density at radius 3 is 2.15 bits per heavy atom. The van der Waals surface area contributed by atoms with E-state index in [0.717, 1.165) is 41.0 Å². The van der Waals surface area contributed by atoms with Crippen LogP contribution in [0.4, 0.5) is 0 Å². The number of hydrogen-bond donors (Lipinski definition) is 0. The number of ether oxygens (including phenoxy) is 2. The van der Waals surface area contributed by atoms with Gasteiger partial charge in [0.05, 0.1) is 4.90 Å². The summed E-state index contributed by atoms with van der Waals surface area (Å²) in [6.45, 7) is 0.238. The van der Waals surface area contributed by atoms with Gasteiger partial charge in [0, 0.05) is 6.26 Å². The highest BCUT2D eigenvalue weighted by molar-refractivity contribution is 7.90. The second-order valence-electron chi connectivity index (χ2n) is 7.31. The van der Waals surface area contributed by atoms with Gasteiger partial charge in [0.25, 0.3) is 0 Å². The first-order chi connectivity index (χ1) is 13.0. The van der Waals surface area contributed by atoms with E-state index < -0.39 is 9.84 Å². The summed E-state index contributed by atoms with van der Waals surface area (Å²) in [6.07, 6.45) is 10.9. The average Bonchev–Trinajstić information content (AvgIpc) is 2.95. The summed E-state index contributed by atoms with van der Waals surface area (Å²) in [7, 11) is -3.20. The predicted octanol–water partition coefficient (Wildman–Crippen LogP) is 5.22. The van der Waals surface area contributed by atoms with Crippen LogP contribution in [0.1, 0.15) is 44.1 Å². The molecule has 1 fully saturated rings. The summed E-state index contributed by atoms with van der Waals surface area (Å²) >= 11 is 0. The lowest BCUT2D eigenvalue weighted by Gasteiger charge is -2.11. The van der Waals surface area contributed by atoms with E-state index in [2.05, 4.69) is 6.08 Å². The van der Waals surface area contributed by atoms with Crippen LogP contribution in [0.2, 0.25) is 0 Å². The Labute approximate surface area is 160 Å². The number of benzene rings is 2. The molecule has 4 rings (SSSR count). The van der Waals surface area contributed by atoms with Crippen molar-refractivity contribution in [3.8, 4) is 22.6 Å². The first kappa shape index (κ1) is 18.1. The van der Waals surface area contributed by atoms with E-state index in [1.165, 1.54) is 37.5 Å². The monoisotopic (exact) mass is 384 g/mol. The standard InChI is InChI=1S/C22H24O4S/c1-27(23,24)19-10-8-17(9-11-19)20-14-22-21(25-15-26-22)13-18(20)12-16-6-4-2-3-5-7-16/h8-14H,2-7,15H2,1H3. The van der Waals surface area contributed by atoms with Gasteiger partial charge in [-0.25, -0.2) is 8.42 Å². The van der Waals surface area contributed by atoms with E-state index in [0.29, 0.717) is 4.90 Å². The Kier molecular flexibility index (Phi) is 4.96. The van der Waals surface area contributed by atoms with E-state index >= 15 is 0 Å². The summed E-state index contributed by atoms with van der Waals surface area (Å²) in [5, 5.41) is 0. The van der Waals surface area contributed by atoms with Crippen molar-refractivity contribution >= 4 is 15.9 Å². The van der Waals surface area contributed by atoms with Gasteiger partial charge in [-0.1, -0.05) is 36.6 Å². The van der Waals surface area contributed by atoms with Crippen molar-refractivity contribution in [2.45, 2.75) is 43.4 Å². The zero-order valence-corrected chi connectivity index (χ0v) is 16.3. The Balaban J connectivity index is 1.78. The SMILES string of the molecule is CS(=O)(=O)c1ccc(-c2cc3c(cc2C=C2CCCCCC2)OCO3)cc1. The second-order valence-corrected chi connectivity index (χ2v) is 9.32. The Morgan fingerprint density at radius 1 is 0.889 bits per heavy atom. The van der Waals surface area contributed by atoms with Crippen molar-refractivity contribution in [2.75, 3.05) is 13.0 Å². The minimum absolute atomic E-state index is 0.238.